The number of anilines is 2. The van der Waals surface area contributed by atoms with Crippen LogP contribution in [0.5, 0.6) is 5.75 Å². The molecule has 0 spiro atoms. The van der Waals surface area contributed by atoms with Gasteiger partial charge in [0, 0.05) is 17.6 Å². The van der Waals surface area contributed by atoms with Crippen molar-refractivity contribution in [2.45, 2.75) is 32.9 Å². The first-order valence-corrected chi connectivity index (χ1v) is 10.2. The van der Waals surface area contributed by atoms with Crippen molar-refractivity contribution in [1.29, 1.82) is 5.41 Å². The molecule has 0 atom stereocenters. The van der Waals surface area contributed by atoms with Crippen LogP contribution in [0, 0.1) is 5.41 Å². The molecule has 166 valence electrons. The fourth-order valence-corrected chi connectivity index (χ4v) is 3.14. The molecule has 0 saturated carbocycles. The van der Waals surface area contributed by atoms with E-state index in [-0.39, 0.29) is 23.0 Å². The summed E-state index contributed by atoms with van der Waals surface area (Å²) in [6.45, 7) is 6.37. The van der Waals surface area contributed by atoms with E-state index in [0.717, 1.165) is 5.56 Å². The topological polar surface area (TPSA) is 126 Å². The van der Waals surface area contributed by atoms with Crippen molar-refractivity contribution in [1.82, 2.24) is 15.3 Å². The number of aromatic nitrogens is 2. The molecule has 0 aliphatic rings. The first-order chi connectivity index (χ1) is 15.2. The number of carbonyl (C=O) groups excluding carboxylic acids is 1. The summed E-state index contributed by atoms with van der Waals surface area (Å²) in [5.74, 6) is 1.07. The molecule has 0 fully saturated rings. The molecule has 0 bridgehead atoms. The van der Waals surface area contributed by atoms with Crippen LogP contribution in [0.15, 0.2) is 54.9 Å². The van der Waals surface area contributed by atoms with Gasteiger partial charge in [-0.05, 0) is 38.5 Å². The number of nitrogen functional groups attached to an aromatic ring is 1. The number of hydrogen-bond donors (Lipinski definition) is 4. The van der Waals surface area contributed by atoms with Gasteiger partial charge in [-0.2, -0.15) is 0 Å². The summed E-state index contributed by atoms with van der Waals surface area (Å²) >= 11 is 0. The van der Waals surface area contributed by atoms with Crippen LogP contribution in [-0.4, -0.2) is 34.2 Å². The lowest BCUT2D eigenvalue weighted by Gasteiger charge is -2.23. The standard InChI is InChI=1S/C24H28N6O2/c1-24(2,3)30-22-19(21(26)28-14-29-22)20(25)16-11-9-15(10-12-16)13-27-23(31)17-7-5-6-8-18(17)32-4/h5-12,14,25H,13H2,1-4H3,(H,27,31)(H3,26,28,29,30). The van der Waals surface area contributed by atoms with Gasteiger partial charge in [-0.15, -0.1) is 0 Å². The zero-order valence-corrected chi connectivity index (χ0v) is 18.7. The van der Waals surface area contributed by atoms with Gasteiger partial charge in [-0.25, -0.2) is 9.97 Å². The molecule has 2 aromatic carbocycles. The Morgan fingerprint density at radius 1 is 1.09 bits per heavy atom. The Labute approximate surface area is 187 Å². The predicted octanol–water partition coefficient (Wildman–Crippen LogP) is 3.62. The van der Waals surface area contributed by atoms with Gasteiger partial charge in [0.25, 0.3) is 5.91 Å². The van der Waals surface area contributed by atoms with Crippen molar-refractivity contribution in [2.24, 2.45) is 0 Å². The smallest absolute Gasteiger partial charge is 0.255 e. The molecule has 8 heteroatoms. The molecule has 1 amide bonds. The second-order valence-corrected chi connectivity index (χ2v) is 8.31. The quantitative estimate of drug-likeness (QED) is 0.423. The number of amides is 1. The van der Waals surface area contributed by atoms with E-state index in [1.165, 1.54) is 13.4 Å². The van der Waals surface area contributed by atoms with E-state index >= 15 is 0 Å². The molecule has 5 N–H and O–H groups in total. The van der Waals surface area contributed by atoms with E-state index in [1.54, 1.807) is 18.2 Å². The Hall–Kier alpha value is -3.94. The van der Waals surface area contributed by atoms with Gasteiger partial charge in [0.05, 0.1) is 23.9 Å². The molecule has 0 saturated heterocycles. The van der Waals surface area contributed by atoms with Crippen LogP contribution in [0.4, 0.5) is 11.6 Å². The van der Waals surface area contributed by atoms with Crippen LogP contribution >= 0.6 is 0 Å². The molecule has 8 nitrogen and oxygen atoms in total. The third-order valence-corrected chi connectivity index (χ3v) is 4.67. The largest absolute Gasteiger partial charge is 0.496 e. The SMILES string of the molecule is COc1ccccc1C(=O)NCc1ccc(C(=N)c2c(N)ncnc2NC(C)(C)C)cc1. The van der Waals surface area contributed by atoms with Crippen molar-refractivity contribution < 1.29 is 9.53 Å². The number of hydrogen-bond acceptors (Lipinski definition) is 7. The van der Waals surface area contributed by atoms with Crippen LogP contribution in [-0.2, 0) is 6.54 Å². The van der Waals surface area contributed by atoms with Gasteiger partial charge in [0.15, 0.2) is 0 Å². The van der Waals surface area contributed by atoms with E-state index < -0.39 is 0 Å². The number of methoxy groups -OCH3 is 1. The highest BCUT2D eigenvalue weighted by Gasteiger charge is 2.20. The third-order valence-electron chi connectivity index (χ3n) is 4.67. The van der Waals surface area contributed by atoms with E-state index in [1.807, 2.05) is 51.1 Å². The number of ether oxygens (including phenoxy) is 1. The lowest BCUT2D eigenvalue weighted by molar-refractivity contribution is 0.0948. The first-order valence-electron chi connectivity index (χ1n) is 10.2. The van der Waals surface area contributed by atoms with Crippen LogP contribution in [0.2, 0.25) is 0 Å². The van der Waals surface area contributed by atoms with Crippen LogP contribution in [0.3, 0.4) is 0 Å². The second kappa shape index (κ2) is 9.47. The summed E-state index contributed by atoms with van der Waals surface area (Å²) in [6, 6.07) is 14.4. The fraction of sp³-hybridized carbons (Fsp3) is 0.250. The molecule has 0 radical (unpaired) electrons. The lowest BCUT2D eigenvalue weighted by atomic mass is 10.0. The maximum atomic E-state index is 12.5. The third kappa shape index (κ3) is 5.40. The fourth-order valence-electron chi connectivity index (χ4n) is 3.14. The molecule has 1 aromatic heterocycles. The molecular formula is C24H28N6O2. The maximum Gasteiger partial charge on any atom is 0.255 e. The number of benzene rings is 2. The van der Waals surface area contributed by atoms with E-state index in [9.17, 15) is 4.79 Å². The minimum atomic E-state index is -0.251. The van der Waals surface area contributed by atoms with Gasteiger partial charge < -0.3 is 21.1 Å². The Morgan fingerprint density at radius 2 is 1.78 bits per heavy atom. The molecule has 0 aliphatic heterocycles. The van der Waals surface area contributed by atoms with Crippen molar-refractivity contribution in [3.63, 3.8) is 0 Å². The Kier molecular flexibility index (Phi) is 6.73. The highest BCUT2D eigenvalue weighted by atomic mass is 16.5. The van der Waals surface area contributed by atoms with Crippen LogP contribution in [0.1, 0.15) is 47.8 Å². The number of nitrogens with two attached hydrogens (primary N) is 1. The van der Waals surface area contributed by atoms with E-state index in [0.29, 0.717) is 34.8 Å². The minimum Gasteiger partial charge on any atom is -0.496 e. The molecule has 3 aromatic rings. The van der Waals surface area contributed by atoms with E-state index in [2.05, 4.69) is 20.6 Å². The minimum absolute atomic E-state index is 0.216. The number of carbonyl (C=O) groups is 1. The normalized spacial score (nSPS) is 11.0. The van der Waals surface area contributed by atoms with Crippen molar-refractivity contribution >= 4 is 23.3 Å². The second-order valence-electron chi connectivity index (χ2n) is 8.31. The molecule has 32 heavy (non-hydrogen) atoms. The molecule has 3 rings (SSSR count). The predicted molar refractivity (Wildman–Crippen MR) is 126 cm³/mol. The zero-order chi connectivity index (χ0) is 23.3. The van der Waals surface area contributed by atoms with E-state index in [4.69, 9.17) is 15.9 Å². The van der Waals surface area contributed by atoms with Crippen molar-refractivity contribution in [3.8, 4) is 5.75 Å². The number of para-hydroxylation sites is 1. The maximum absolute atomic E-state index is 12.5. The average molecular weight is 433 g/mol. The Bertz CT molecular complexity index is 1120. The Balaban J connectivity index is 1.74. The highest BCUT2D eigenvalue weighted by Crippen LogP contribution is 2.24. The van der Waals surface area contributed by atoms with Gasteiger partial charge in [0.2, 0.25) is 0 Å². The molecular weight excluding hydrogens is 404 g/mol. The summed E-state index contributed by atoms with van der Waals surface area (Å²) in [5.41, 5.74) is 8.55. The monoisotopic (exact) mass is 432 g/mol. The van der Waals surface area contributed by atoms with Gasteiger partial charge in [-0.3, -0.25) is 10.2 Å². The summed E-state index contributed by atoms with van der Waals surface area (Å²) in [6.07, 6.45) is 1.38. The first kappa shape index (κ1) is 22.7. The van der Waals surface area contributed by atoms with Gasteiger partial charge in [-0.1, -0.05) is 36.4 Å². The van der Waals surface area contributed by atoms with Crippen molar-refractivity contribution in [2.75, 3.05) is 18.2 Å². The summed E-state index contributed by atoms with van der Waals surface area (Å²) < 4.78 is 5.24. The highest BCUT2D eigenvalue weighted by molar-refractivity contribution is 6.16. The number of nitrogens with zero attached hydrogens (tertiary/aromatic N) is 2. The molecule has 0 unspecified atom stereocenters. The summed E-state index contributed by atoms with van der Waals surface area (Å²) in [5, 5.41) is 14.8. The molecule has 1 heterocycles. The number of rotatable bonds is 7. The average Bonchev–Trinajstić information content (AvgIpc) is 2.76. The van der Waals surface area contributed by atoms with Crippen molar-refractivity contribution in [3.05, 3.63) is 77.1 Å². The summed E-state index contributed by atoms with van der Waals surface area (Å²) in [4.78, 5) is 20.8. The van der Waals surface area contributed by atoms with Crippen LogP contribution < -0.4 is 21.1 Å². The van der Waals surface area contributed by atoms with Gasteiger partial charge in [0.1, 0.15) is 23.7 Å². The zero-order valence-electron chi connectivity index (χ0n) is 18.7. The summed E-state index contributed by atoms with van der Waals surface area (Å²) in [7, 11) is 1.53. The van der Waals surface area contributed by atoms with Crippen LogP contribution in [0.25, 0.3) is 0 Å². The van der Waals surface area contributed by atoms with Gasteiger partial charge >= 0.3 is 0 Å². The molecule has 0 aliphatic carbocycles. The lowest BCUT2D eigenvalue weighted by Crippen LogP contribution is -2.28. The number of nitrogens with one attached hydrogen (secondary N) is 3. The Morgan fingerprint density at radius 3 is 2.44 bits per heavy atom.